The second kappa shape index (κ2) is 6.80. The molecule has 21 heavy (non-hydrogen) atoms. The number of piperidine rings is 1. The molecule has 0 saturated carbocycles. The van der Waals surface area contributed by atoms with Crippen LogP contribution >= 0.6 is 12.4 Å². The van der Waals surface area contributed by atoms with Gasteiger partial charge < -0.3 is 10.6 Å². The normalized spacial score (nSPS) is 27.3. The highest BCUT2D eigenvalue weighted by Gasteiger charge is 2.34. The van der Waals surface area contributed by atoms with Crippen LogP contribution in [0.5, 0.6) is 0 Å². The van der Waals surface area contributed by atoms with Crippen molar-refractivity contribution in [1.82, 2.24) is 10.6 Å². The summed E-state index contributed by atoms with van der Waals surface area (Å²) in [5, 5.41) is 6.81. The van der Waals surface area contributed by atoms with Crippen molar-refractivity contribution in [2.45, 2.75) is 63.6 Å². The van der Waals surface area contributed by atoms with Crippen LogP contribution in [0.25, 0.3) is 0 Å². The smallest absolute Gasteiger partial charge is 0.251 e. The number of hydrogen-bond acceptors (Lipinski definition) is 2. The summed E-state index contributed by atoms with van der Waals surface area (Å²) in [5.41, 5.74) is 2.06. The summed E-state index contributed by atoms with van der Waals surface area (Å²) in [5.74, 6) is 0.582. The summed E-state index contributed by atoms with van der Waals surface area (Å²) in [6.07, 6.45) is 4.68. The summed E-state index contributed by atoms with van der Waals surface area (Å²) in [6.45, 7) is 4.33. The molecule has 0 spiro atoms. The maximum atomic E-state index is 12.3. The summed E-state index contributed by atoms with van der Waals surface area (Å²) in [7, 11) is 0. The Morgan fingerprint density at radius 3 is 2.24 bits per heavy atom. The van der Waals surface area contributed by atoms with Gasteiger partial charge in [0, 0.05) is 23.7 Å². The van der Waals surface area contributed by atoms with Gasteiger partial charge in [-0.3, -0.25) is 4.79 Å². The van der Waals surface area contributed by atoms with Crippen LogP contribution < -0.4 is 10.6 Å². The fourth-order valence-electron chi connectivity index (χ4n) is 3.46. The lowest BCUT2D eigenvalue weighted by Gasteiger charge is -2.29. The van der Waals surface area contributed by atoms with Crippen LogP contribution in [-0.2, 0) is 0 Å². The van der Waals surface area contributed by atoms with Crippen molar-refractivity contribution in [2.24, 2.45) is 0 Å². The Morgan fingerprint density at radius 2 is 1.71 bits per heavy atom. The molecule has 2 unspecified atom stereocenters. The second-order valence-corrected chi connectivity index (χ2v) is 6.56. The first-order chi connectivity index (χ1) is 9.61. The van der Waals surface area contributed by atoms with Crippen LogP contribution in [0.3, 0.4) is 0 Å². The van der Waals surface area contributed by atoms with Crippen molar-refractivity contribution >= 4 is 18.3 Å². The predicted molar refractivity (Wildman–Crippen MR) is 88.2 cm³/mol. The number of carbonyl (C=O) groups excluding carboxylic acids is 1. The van der Waals surface area contributed by atoms with Crippen molar-refractivity contribution in [3.63, 3.8) is 0 Å². The number of hydrogen-bond donors (Lipinski definition) is 2. The van der Waals surface area contributed by atoms with Gasteiger partial charge in [0.25, 0.3) is 5.91 Å². The minimum atomic E-state index is 0. The first-order valence-corrected chi connectivity index (χ1v) is 7.78. The Kier molecular flexibility index (Phi) is 5.28. The van der Waals surface area contributed by atoms with Crippen LogP contribution in [-0.4, -0.2) is 24.0 Å². The molecule has 116 valence electrons. The molecule has 2 N–H and O–H groups in total. The van der Waals surface area contributed by atoms with Crippen molar-refractivity contribution < 1.29 is 4.79 Å². The number of fused-ring (bicyclic) bond motifs is 2. The third-order valence-electron chi connectivity index (χ3n) is 4.65. The maximum Gasteiger partial charge on any atom is 0.251 e. The monoisotopic (exact) mass is 308 g/mol. The first kappa shape index (κ1) is 16.3. The fourth-order valence-corrected chi connectivity index (χ4v) is 3.46. The molecule has 2 bridgehead atoms. The van der Waals surface area contributed by atoms with Crippen molar-refractivity contribution in [2.75, 3.05) is 0 Å². The van der Waals surface area contributed by atoms with E-state index >= 15 is 0 Å². The molecule has 1 amide bonds. The van der Waals surface area contributed by atoms with Crippen LogP contribution in [0.4, 0.5) is 0 Å². The van der Waals surface area contributed by atoms with E-state index in [9.17, 15) is 4.79 Å². The number of carbonyl (C=O) groups is 1. The molecular formula is C17H25ClN2O. The molecule has 4 heteroatoms. The molecule has 2 atom stereocenters. The Bertz CT molecular complexity index is 474. The van der Waals surface area contributed by atoms with Gasteiger partial charge in [0.15, 0.2) is 0 Å². The van der Waals surface area contributed by atoms with E-state index in [0.29, 0.717) is 24.0 Å². The van der Waals surface area contributed by atoms with E-state index in [1.54, 1.807) is 0 Å². The van der Waals surface area contributed by atoms with Gasteiger partial charge in [-0.2, -0.15) is 0 Å². The van der Waals surface area contributed by atoms with E-state index < -0.39 is 0 Å². The molecule has 2 saturated heterocycles. The highest BCUT2D eigenvalue weighted by atomic mass is 35.5. The Morgan fingerprint density at radius 1 is 1.14 bits per heavy atom. The molecule has 2 aliphatic heterocycles. The molecule has 0 aliphatic carbocycles. The third kappa shape index (κ3) is 3.78. The Hall–Kier alpha value is -1.06. The largest absolute Gasteiger partial charge is 0.349 e. The maximum absolute atomic E-state index is 12.3. The molecule has 3 nitrogen and oxygen atoms in total. The Labute approximate surface area is 133 Å². The van der Waals surface area contributed by atoms with Crippen molar-refractivity contribution in [1.29, 1.82) is 0 Å². The minimum Gasteiger partial charge on any atom is -0.349 e. The molecule has 1 aromatic carbocycles. The lowest BCUT2D eigenvalue weighted by atomic mass is 9.98. The average Bonchev–Trinajstić information content (AvgIpc) is 2.78. The SMILES string of the molecule is CC(C)c1ccc(C(=O)NC2CC3CCC(C2)N3)cc1.Cl. The van der Waals surface area contributed by atoms with E-state index in [1.807, 2.05) is 12.1 Å². The lowest BCUT2D eigenvalue weighted by molar-refractivity contribution is 0.0924. The topological polar surface area (TPSA) is 41.1 Å². The summed E-state index contributed by atoms with van der Waals surface area (Å²) in [6, 6.07) is 9.58. The lowest BCUT2D eigenvalue weighted by Crippen LogP contribution is -2.48. The van der Waals surface area contributed by atoms with Crippen molar-refractivity contribution in [3.8, 4) is 0 Å². The number of amides is 1. The molecule has 2 aliphatic rings. The number of halogens is 1. The van der Waals surface area contributed by atoms with Gasteiger partial charge in [0.1, 0.15) is 0 Å². The van der Waals surface area contributed by atoms with Gasteiger partial charge in [-0.15, -0.1) is 12.4 Å². The van der Waals surface area contributed by atoms with E-state index in [1.165, 1.54) is 18.4 Å². The molecule has 1 aromatic rings. The number of nitrogens with one attached hydrogen (secondary N) is 2. The van der Waals surface area contributed by atoms with Crippen LogP contribution in [0.15, 0.2) is 24.3 Å². The van der Waals surface area contributed by atoms with Crippen LogP contribution in [0.1, 0.15) is 61.4 Å². The minimum absolute atomic E-state index is 0. The molecule has 2 heterocycles. The van der Waals surface area contributed by atoms with Gasteiger partial charge in [0.2, 0.25) is 0 Å². The van der Waals surface area contributed by atoms with Gasteiger partial charge in [-0.1, -0.05) is 26.0 Å². The molecule has 2 fully saturated rings. The average molecular weight is 309 g/mol. The van der Waals surface area contributed by atoms with E-state index in [2.05, 4.69) is 36.6 Å². The zero-order valence-corrected chi connectivity index (χ0v) is 13.6. The molecular weight excluding hydrogens is 284 g/mol. The highest BCUT2D eigenvalue weighted by Crippen LogP contribution is 2.27. The standard InChI is InChI=1S/C17H24N2O.ClH/c1-11(2)12-3-5-13(6-4-12)17(20)19-16-9-14-7-8-15(10-16)18-14;/h3-6,11,14-16,18H,7-10H2,1-2H3,(H,19,20);1H. The van der Waals surface area contributed by atoms with Crippen molar-refractivity contribution in [3.05, 3.63) is 35.4 Å². The predicted octanol–water partition coefficient (Wildman–Crippen LogP) is 3.24. The summed E-state index contributed by atoms with van der Waals surface area (Å²) in [4.78, 5) is 12.3. The quantitative estimate of drug-likeness (QED) is 0.900. The highest BCUT2D eigenvalue weighted by molar-refractivity contribution is 5.94. The summed E-state index contributed by atoms with van der Waals surface area (Å²) >= 11 is 0. The Balaban J connectivity index is 0.00000161. The van der Waals surface area contributed by atoms with Gasteiger partial charge in [-0.05, 0) is 49.3 Å². The van der Waals surface area contributed by atoms with Gasteiger partial charge in [0.05, 0.1) is 0 Å². The molecule has 0 radical (unpaired) electrons. The fraction of sp³-hybridized carbons (Fsp3) is 0.588. The first-order valence-electron chi connectivity index (χ1n) is 7.78. The number of rotatable bonds is 3. The van der Waals surface area contributed by atoms with Gasteiger partial charge in [-0.25, -0.2) is 0 Å². The van der Waals surface area contributed by atoms with Crippen LogP contribution in [0.2, 0.25) is 0 Å². The van der Waals surface area contributed by atoms with E-state index in [4.69, 9.17) is 0 Å². The van der Waals surface area contributed by atoms with E-state index in [0.717, 1.165) is 18.4 Å². The molecule has 0 aromatic heterocycles. The summed E-state index contributed by atoms with van der Waals surface area (Å²) < 4.78 is 0. The second-order valence-electron chi connectivity index (χ2n) is 6.56. The molecule has 3 rings (SSSR count). The van der Waals surface area contributed by atoms with Gasteiger partial charge >= 0.3 is 0 Å². The third-order valence-corrected chi connectivity index (χ3v) is 4.65. The van der Waals surface area contributed by atoms with E-state index in [-0.39, 0.29) is 18.3 Å². The zero-order valence-electron chi connectivity index (χ0n) is 12.8. The number of benzene rings is 1. The van der Waals surface area contributed by atoms with Crippen LogP contribution in [0, 0.1) is 0 Å². The zero-order chi connectivity index (χ0) is 14.1.